The molecule has 9 heteroatoms. The molecule has 0 saturated heterocycles. The number of para-hydroxylation sites is 2. The van der Waals surface area contributed by atoms with Crippen LogP contribution in [0.1, 0.15) is 22.3 Å². The molecule has 2 nitrogen and oxygen atoms in total. The van der Waals surface area contributed by atoms with E-state index in [9.17, 15) is 26.3 Å². The Hall–Kier alpha value is -2.15. The molecule has 0 heterocycles. The van der Waals surface area contributed by atoms with Gasteiger partial charge in [0.2, 0.25) is 0 Å². The fraction of sp³-hybridized carbons (Fsp3) is 0.190. The molecule has 0 amide bonds. The van der Waals surface area contributed by atoms with Gasteiger partial charge in [0, 0.05) is 26.2 Å². The zero-order chi connectivity index (χ0) is 22.2. The van der Waals surface area contributed by atoms with Gasteiger partial charge in [0.25, 0.3) is 0 Å². The van der Waals surface area contributed by atoms with Crippen LogP contribution in [-0.2, 0) is 38.6 Å². The summed E-state index contributed by atoms with van der Waals surface area (Å²) in [6, 6.07) is 15.2. The Balaban J connectivity index is 0.000000424. The molecular formula is C21H19F6O2Zr-. The van der Waals surface area contributed by atoms with Crippen LogP contribution in [0.3, 0.4) is 0 Å². The standard InChI is InChI=1S/2C7H5F3O.C7H9.Zr/c2*8-7(9,10)5-3-1-2-4-6(5)11;1-6-3-4-7(2)5-6;/h2*1-4,11H;3-5H,1-2H3;/q;;-1;. The van der Waals surface area contributed by atoms with Crippen LogP contribution in [-0.4, -0.2) is 10.2 Å². The van der Waals surface area contributed by atoms with Crippen LogP contribution in [0.5, 0.6) is 11.5 Å². The van der Waals surface area contributed by atoms with E-state index in [0.29, 0.717) is 0 Å². The van der Waals surface area contributed by atoms with Crippen molar-refractivity contribution >= 4 is 0 Å². The molecule has 0 saturated carbocycles. The van der Waals surface area contributed by atoms with E-state index < -0.39 is 35.0 Å². The van der Waals surface area contributed by atoms with Gasteiger partial charge < -0.3 is 10.2 Å². The average molecular weight is 509 g/mol. The summed E-state index contributed by atoms with van der Waals surface area (Å²) in [7, 11) is 0. The Kier molecular flexibility index (Phi) is 11.0. The maximum absolute atomic E-state index is 11.9. The van der Waals surface area contributed by atoms with Crippen molar-refractivity contribution in [2.24, 2.45) is 0 Å². The van der Waals surface area contributed by atoms with Gasteiger partial charge in [-0.2, -0.15) is 44.0 Å². The smallest absolute Gasteiger partial charge is 0.419 e. The summed E-state index contributed by atoms with van der Waals surface area (Å²) in [5.41, 5.74) is 0.718. The Morgan fingerprint density at radius 1 is 0.700 bits per heavy atom. The first-order valence-electron chi connectivity index (χ1n) is 8.22. The summed E-state index contributed by atoms with van der Waals surface area (Å²) in [4.78, 5) is 0. The number of phenolic OH excluding ortho intramolecular Hbond substituents is 2. The van der Waals surface area contributed by atoms with E-state index in [1.165, 1.54) is 35.4 Å². The third-order valence-corrected chi connectivity index (χ3v) is 3.48. The molecule has 3 rings (SSSR count). The number of phenols is 2. The average Bonchev–Trinajstić information content (AvgIpc) is 2.98. The van der Waals surface area contributed by atoms with Crippen LogP contribution in [0.4, 0.5) is 26.3 Å². The van der Waals surface area contributed by atoms with E-state index in [2.05, 4.69) is 32.0 Å². The molecule has 0 fully saturated rings. The van der Waals surface area contributed by atoms with Crippen molar-refractivity contribution in [1.29, 1.82) is 0 Å². The van der Waals surface area contributed by atoms with E-state index in [1.54, 1.807) is 0 Å². The predicted molar refractivity (Wildman–Crippen MR) is 97.7 cm³/mol. The van der Waals surface area contributed by atoms with Gasteiger partial charge in [0.05, 0.1) is 11.1 Å². The fourth-order valence-electron chi connectivity index (χ4n) is 2.14. The van der Waals surface area contributed by atoms with Gasteiger partial charge in [0.15, 0.2) is 0 Å². The van der Waals surface area contributed by atoms with Gasteiger partial charge in [-0.3, -0.25) is 0 Å². The predicted octanol–water partition coefficient (Wildman–Crippen LogP) is 6.84. The molecule has 0 atom stereocenters. The zero-order valence-corrected chi connectivity index (χ0v) is 18.5. The second-order valence-electron chi connectivity index (χ2n) is 6.00. The first-order chi connectivity index (χ1) is 13.3. The topological polar surface area (TPSA) is 40.5 Å². The van der Waals surface area contributed by atoms with Gasteiger partial charge in [-0.15, -0.1) is 0 Å². The molecule has 0 radical (unpaired) electrons. The number of alkyl halides is 6. The number of hydrogen-bond acceptors (Lipinski definition) is 2. The molecule has 0 aliphatic carbocycles. The van der Waals surface area contributed by atoms with Crippen LogP contribution in [0.25, 0.3) is 0 Å². The Bertz CT molecular complexity index is 829. The molecule has 0 aliphatic rings. The number of rotatable bonds is 0. The summed E-state index contributed by atoms with van der Waals surface area (Å²) < 4.78 is 71.3. The van der Waals surface area contributed by atoms with Gasteiger partial charge >= 0.3 is 12.4 Å². The van der Waals surface area contributed by atoms with Gasteiger partial charge in [-0.25, -0.2) is 11.6 Å². The van der Waals surface area contributed by atoms with Gasteiger partial charge in [-0.1, -0.05) is 38.1 Å². The normalized spacial score (nSPS) is 10.7. The van der Waals surface area contributed by atoms with Crippen LogP contribution in [0, 0.1) is 13.8 Å². The molecule has 0 aromatic heterocycles. The van der Waals surface area contributed by atoms with E-state index >= 15 is 0 Å². The molecule has 0 spiro atoms. The monoisotopic (exact) mass is 507 g/mol. The molecule has 2 N–H and O–H groups in total. The van der Waals surface area contributed by atoms with Crippen molar-refractivity contribution in [1.82, 2.24) is 0 Å². The minimum Gasteiger partial charge on any atom is -0.507 e. The molecule has 0 unspecified atom stereocenters. The summed E-state index contributed by atoms with van der Waals surface area (Å²) in [6.45, 7) is 4.21. The van der Waals surface area contributed by atoms with E-state index in [4.69, 9.17) is 10.2 Å². The minimum atomic E-state index is -4.47. The van der Waals surface area contributed by atoms with Crippen LogP contribution < -0.4 is 0 Å². The molecular weight excluding hydrogens is 489 g/mol. The van der Waals surface area contributed by atoms with Crippen molar-refractivity contribution in [3.8, 4) is 11.5 Å². The van der Waals surface area contributed by atoms with Crippen molar-refractivity contribution in [3.05, 3.63) is 89.0 Å². The van der Waals surface area contributed by atoms with Crippen LogP contribution >= 0.6 is 0 Å². The molecule has 30 heavy (non-hydrogen) atoms. The first kappa shape index (κ1) is 27.9. The molecule has 162 valence electrons. The van der Waals surface area contributed by atoms with E-state index in [1.807, 2.05) is 0 Å². The molecule has 0 bridgehead atoms. The SMILES string of the molecule is Cc1cc[c-](C)c1.Oc1ccccc1C(F)(F)F.Oc1ccccc1C(F)(F)F.[Zr]. The Morgan fingerprint density at radius 3 is 1.23 bits per heavy atom. The largest absolute Gasteiger partial charge is 0.507 e. The van der Waals surface area contributed by atoms with Crippen molar-refractivity contribution in [2.75, 3.05) is 0 Å². The summed E-state index contributed by atoms with van der Waals surface area (Å²) in [5.74, 6) is -1.47. The number of benzene rings is 2. The first-order valence-corrected chi connectivity index (χ1v) is 8.22. The van der Waals surface area contributed by atoms with Crippen molar-refractivity contribution < 1.29 is 62.8 Å². The summed E-state index contributed by atoms with van der Waals surface area (Å²) in [6.07, 6.45) is -8.93. The number of halogens is 6. The van der Waals surface area contributed by atoms with E-state index in [0.717, 1.165) is 24.3 Å². The maximum Gasteiger partial charge on any atom is 0.419 e. The van der Waals surface area contributed by atoms with Crippen molar-refractivity contribution in [2.45, 2.75) is 26.2 Å². The van der Waals surface area contributed by atoms with E-state index in [-0.39, 0.29) is 26.2 Å². The van der Waals surface area contributed by atoms with Gasteiger partial charge in [0.1, 0.15) is 11.5 Å². The van der Waals surface area contributed by atoms with Crippen molar-refractivity contribution in [3.63, 3.8) is 0 Å². The molecule has 3 aromatic rings. The Labute approximate surface area is 189 Å². The summed E-state index contributed by atoms with van der Waals surface area (Å²) in [5, 5.41) is 17.5. The fourth-order valence-corrected chi connectivity index (χ4v) is 2.14. The van der Waals surface area contributed by atoms with Crippen LogP contribution in [0.2, 0.25) is 0 Å². The maximum atomic E-state index is 11.9. The molecule has 3 aromatic carbocycles. The number of aryl methyl sites for hydroxylation is 2. The number of hydrogen-bond donors (Lipinski definition) is 2. The molecule has 0 aliphatic heterocycles. The zero-order valence-electron chi connectivity index (χ0n) is 16.0. The van der Waals surface area contributed by atoms with Gasteiger partial charge in [-0.05, 0) is 24.3 Å². The quantitative estimate of drug-likeness (QED) is 0.258. The second kappa shape index (κ2) is 11.9. The van der Waals surface area contributed by atoms with Crippen LogP contribution in [0.15, 0.2) is 66.7 Å². The number of aromatic hydroxyl groups is 2. The minimum absolute atomic E-state index is 0. The second-order valence-corrected chi connectivity index (χ2v) is 6.00. The Morgan fingerprint density at radius 2 is 1.07 bits per heavy atom. The third-order valence-electron chi connectivity index (χ3n) is 3.48. The third kappa shape index (κ3) is 9.57. The summed E-state index contributed by atoms with van der Waals surface area (Å²) >= 11 is 0.